The van der Waals surface area contributed by atoms with E-state index in [-0.39, 0.29) is 0 Å². The van der Waals surface area contributed by atoms with E-state index < -0.39 is 0 Å². The highest BCUT2D eigenvalue weighted by Gasteiger charge is 2.01. The maximum Gasteiger partial charge on any atom is 0.234 e. The molecule has 0 saturated heterocycles. The molecule has 11 heavy (non-hydrogen) atoms. The number of ether oxygens (including phenoxy) is 1. The standard InChI is InChI=1S/C7H10BN2O/c1-5-7(11-3)10-6(8-2)4-9-5/h4H,1-3H3. The first-order chi connectivity index (χ1) is 5.27. The van der Waals surface area contributed by atoms with E-state index in [9.17, 15) is 0 Å². The van der Waals surface area contributed by atoms with Crippen molar-refractivity contribution in [3.8, 4) is 5.88 Å². The maximum absolute atomic E-state index is 4.99. The van der Waals surface area contributed by atoms with Crippen LogP contribution in [0.4, 0.5) is 0 Å². The normalized spacial score (nSPS) is 9.36. The van der Waals surface area contributed by atoms with Crippen LogP contribution in [0.15, 0.2) is 6.20 Å². The molecular formula is C7H10BN2O. The Labute approximate surface area is 67.1 Å². The number of aryl methyl sites for hydroxylation is 1. The van der Waals surface area contributed by atoms with Crippen LogP contribution in [-0.2, 0) is 0 Å². The van der Waals surface area contributed by atoms with Crippen molar-refractivity contribution in [2.45, 2.75) is 13.7 Å². The van der Waals surface area contributed by atoms with E-state index in [4.69, 9.17) is 4.74 Å². The van der Waals surface area contributed by atoms with Gasteiger partial charge in [0, 0.05) is 11.8 Å². The monoisotopic (exact) mass is 149 g/mol. The highest BCUT2D eigenvalue weighted by molar-refractivity contribution is 6.50. The summed E-state index contributed by atoms with van der Waals surface area (Å²) in [6, 6.07) is 0. The minimum absolute atomic E-state index is 0.598. The molecule has 57 valence electrons. The van der Waals surface area contributed by atoms with Gasteiger partial charge in [0.05, 0.1) is 12.8 Å². The number of rotatable bonds is 2. The summed E-state index contributed by atoms with van der Waals surface area (Å²) in [5, 5.41) is 0. The Hall–Kier alpha value is -1.06. The lowest BCUT2D eigenvalue weighted by molar-refractivity contribution is 0.393. The SMILES string of the molecule is C[B]c1cnc(C)c(OC)n1. The number of methoxy groups -OCH3 is 1. The van der Waals surface area contributed by atoms with E-state index in [1.54, 1.807) is 13.3 Å². The van der Waals surface area contributed by atoms with Gasteiger partial charge in [-0.15, -0.1) is 0 Å². The first-order valence-corrected chi connectivity index (χ1v) is 3.45. The van der Waals surface area contributed by atoms with Crippen LogP contribution in [0.2, 0.25) is 6.82 Å². The molecule has 1 aromatic heterocycles. The zero-order valence-electron chi connectivity index (χ0n) is 6.96. The number of aromatic nitrogens is 2. The Balaban J connectivity index is 3.02. The van der Waals surface area contributed by atoms with Gasteiger partial charge < -0.3 is 4.74 Å². The van der Waals surface area contributed by atoms with Gasteiger partial charge in [-0.05, 0) is 6.92 Å². The fraction of sp³-hybridized carbons (Fsp3) is 0.429. The van der Waals surface area contributed by atoms with E-state index in [1.807, 2.05) is 21.0 Å². The fourth-order valence-electron chi connectivity index (χ4n) is 0.778. The second kappa shape index (κ2) is 3.37. The molecule has 1 rings (SSSR count). The summed E-state index contributed by atoms with van der Waals surface area (Å²) in [6.07, 6.45) is 1.72. The van der Waals surface area contributed by atoms with Crippen LogP contribution in [0.25, 0.3) is 0 Å². The molecule has 0 aliphatic heterocycles. The summed E-state index contributed by atoms with van der Waals surface area (Å²) in [6.45, 7) is 3.78. The minimum atomic E-state index is 0.598. The van der Waals surface area contributed by atoms with Crippen molar-refractivity contribution >= 4 is 12.9 Å². The molecule has 1 radical (unpaired) electrons. The van der Waals surface area contributed by atoms with Crippen LogP contribution in [0.1, 0.15) is 5.69 Å². The van der Waals surface area contributed by atoms with Crippen molar-refractivity contribution in [2.75, 3.05) is 7.11 Å². The van der Waals surface area contributed by atoms with Gasteiger partial charge in [-0.1, -0.05) is 6.82 Å². The van der Waals surface area contributed by atoms with Crippen LogP contribution < -0.4 is 10.3 Å². The summed E-state index contributed by atoms with van der Waals surface area (Å²) < 4.78 is 4.99. The molecule has 0 amide bonds. The molecule has 0 fully saturated rings. The predicted molar refractivity (Wildman–Crippen MR) is 44.6 cm³/mol. The first-order valence-electron chi connectivity index (χ1n) is 3.45. The first kappa shape index (κ1) is 8.05. The van der Waals surface area contributed by atoms with Gasteiger partial charge in [0.25, 0.3) is 0 Å². The van der Waals surface area contributed by atoms with Gasteiger partial charge in [0.2, 0.25) is 5.88 Å². The molecule has 0 unspecified atom stereocenters. The van der Waals surface area contributed by atoms with E-state index in [1.165, 1.54) is 0 Å². The Morgan fingerprint density at radius 2 is 2.27 bits per heavy atom. The van der Waals surface area contributed by atoms with Gasteiger partial charge in [-0.25, -0.2) is 4.98 Å². The third-order valence-electron chi connectivity index (χ3n) is 1.42. The van der Waals surface area contributed by atoms with Crippen LogP contribution in [0, 0.1) is 6.92 Å². The van der Waals surface area contributed by atoms with Crippen LogP contribution in [0.5, 0.6) is 5.88 Å². The molecular weight excluding hydrogens is 139 g/mol. The molecule has 0 aromatic carbocycles. The van der Waals surface area contributed by atoms with Crippen molar-refractivity contribution in [1.82, 2.24) is 9.97 Å². The van der Waals surface area contributed by atoms with E-state index in [0.717, 1.165) is 11.3 Å². The molecule has 0 aliphatic rings. The molecule has 1 heterocycles. The van der Waals surface area contributed by atoms with E-state index in [0.29, 0.717) is 5.88 Å². The Morgan fingerprint density at radius 3 is 2.82 bits per heavy atom. The van der Waals surface area contributed by atoms with Gasteiger partial charge >= 0.3 is 0 Å². The van der Waals surface area contributed by atoms with Gasteiger partial charge in [-0.3, -0.25) is 4.98 Å². The van der Waals surface area contributed by atoms with E-state index in [2.05, 4.69) is 9.97 Å². The fourth-order valence-corrected chi connectivity index (χ4v) is 0.778. The number of nitrogens with zero attached hydrogens (tertiary/aromatic N) is 2. The molecule has 0 spiro atoms. The summed E-state index contributed by atoms with van der Waals surface area (Å²) in [7, 11) is 3.48. The predicted octanol–water partition coefficient (Wildman–Crippen LogP) is 0.171. The Bertz CT molecular complexity index is 252. The van der Waals surface area contributed by atoms with Crippen LogP contribution in [0.3, 0.4) is 0 Å². The average molecular weight is 149 g/mol. The average Bonchev–Trinajstić information content (AvgIpc) is 2.05. The highest BCUT2D eigenvalue weighted by Crippen LogP contribution is 2.05. The zero-order valence-corrected chi connectivity index (χ0v) is 6.96. The molecule has 0 aliphatic carbocycles. The lowest BCUT2D eigenvalue weighted by Gasteiger charge is -2.02. The third-order valence-corrected chi connectivity index (χ3v) is 1.42. The van der Waals surface area contributed by atoms with Gasteiger partial charge in [0.15, 0.2) is 7.28 Å². The molecule has 3 nitrogen and oxygen atoms in total. The highest BCUT2D eigenvalue weighted by atomic mass is 16.5. The Morgan fingerprint density at radius 1 is 1.55 bits per heavy atom. The summed E-state index contributed by atoms with van der Waals surface area (Å²) in [5.74, 6) is 0.598. The Kier molecular flexibility index (Phi) is 2.46. The molecule has 0 N–H and O–H groups in total. The smallest absolute Gasteiger partial charge is 0.234 e. The molecule has 4 heteroatoms. The largest absolute Gasteiger partial charge is 0.480 e. The number of hydrogen-bond donors (Lipinski definition) is 0. The molecule has 0 saturated carbocycles. The second-order valence-corrected chi connectivity index (χ2v) is 2.18. The molecule has 0 atom stereocenters. The molecule has 0 bridgehead atoms. The lowest BCUT2D eigenvalue weighted by Crippen LogP contribution is -2.17. The topological polar surface area (TPSA) is 35.0 Å². The van der Waals surface area contributed by atoms with Crippen molar-refractivity contribution in [3.05, 3.63) is 11.9 Å². The quantitative estimate of drug-likeness (QED) is 0.562. The summed E-state index contributed by atoms with van der Waals surface area (Å²) >= 11 is 0. The second-order valence-electron chi connectivity index (χ2n) is 2.18. The minimum Gasteiger partial charge on any atom is -0.480 e. The van der Waals surface area contributed by atoms with Crippen LogP contribution >= 0.6 is 0 Å². The third kappa shape index (κ3) is 1.70. The van der Waals surface area contributed by atoms with Gasteiger partial charge in [0.1, 0.15) is 0 Å². The van der Waals surface area contributed by atoms with Crippen molar-refractivity contribution in [2.24, 2.45) is 0 Å². The van der Waals surface area contributed by atoms with Gasteiger partial charge in [-0.2, -0.15) is 0 Å². The van der Waals surface area contributed by atoms with Crippen molar-refractivity contribution < 1.29 is 4.74 Å². The van der Waals surface area contributed by atoms with Crippen molar-refractivity contribution in [3.63, 3.8) is 0 Å². The maximum atomic E-state index is 4.99. The molecule has 1 aromatic rings. The van der Waals surface area contributed by atoms with Crippen molar-refractivity contribution in [1.29, 1.82) is 0 Å². The summed E-state index contributed by atoms with van der Waals surface area (Å²) in [4.78, 5) is 8.27. The zero-order chi connectivity index (χ0) is 8.27. The van der Waals surface area contributed by atoms with E-state index >= 15 is 0 Å². The number of hydrogen-bond acceptors (Lipinski definition) is 3. The van der Waals surface area contributed by atoms with Crippen LogP contribution in [-0.4, -0.2) is 24.4 Å². The lowest BCUT2D eigenvalue weighted by atomic mass is 9.78. The summed E-state index contributed by atoms with van der Waals surface area (Å²) in [5.41, 5.74) is 1.66.